The Balaban J connectivity index is 2.01. The van der Waals surface area contributed by atoms with Crippen LogP contribution in [0.25, 0.3) is 0 Å². The molecule has 2 rings (SSSR count). The minimum atomic E-state index is -0.296. The molecule has 0 radical (unpaired) electrons. The van der Waals surface area contributed by atoms with Crippen LogP contribution < -0.4 is 5.32 Å². The number of carbonyl (C=O) groups excluding carboxylic acids is 1. The zero-order valence-corrected chi connectivity index (χ0v) is 11.0. The van der Waals surface area contributed by atoms with Crippen LogP contribution in [-0.4, -0.2) is 50.7 Å². The first-order chi connectivity index (χ1) is 8.18. The second-order valence-electron chi connectivity index (χ2n) is 5.61. The molecule has 0 saturated carbocycles. The number of nitrogens with zero attached hydrogens (tertiary/aromatic N) is 1. The van der Waals surface area contributed by atoms with E-state index in [4.69, 9.17) is 4.74 Å². The van der Waals surface area contributed by atoms with Crippen LogP contribution in [0.5, 0.6) is 0 Å². The van der Waals surface area contributed by atoms with Gasteiger partial charge in [-0.25, -0.2) is 0 Å². The van der Waals surface area contributed by atoms with E-state index in [1.54, 1.807) is 7.11 Å². The maximum absolute atomic E-state index is 12.6. The topological polar surface area (TPSA) is 41.6 Å². The Bertz CT molecular complexity index is 267. The van der Waals surface area contributed by atoms with Gasteiger partial charge in [-0.2, -0.15) is 0 Å². The summed E-state index contributed by atoms with van der Waals surface area (Å²) in [5.74, 6) is 1.07. The van der Waals surface area contributed by atoms with Crippen molar-refractivity contribution in [1.82, 2.24) is 10.2 Å². The van der Waals surface area contributed by atoms with Crippen molar-refractivity contribution < 1.29 is 9.53 Å². The minimum Gasteiger partial charge on any atom is -0.384 e. The maximum atomic E-state index is 12.6. The Morgan fingerprint density at radius 2 is 2.18 bits per heavy atom. The average molecular weight is 240 g/mol. The molecule has 1 N–H and O–H groups in total. The van der Waals surface area contributed by atoms with Crippen molar-refractivity contribution in [3.05, 3.63) is 0 Å². The number of likely N-dealkylation sites (tertiary alicyclic amines) is 1. The van der Waals surface area contributed by atoms with Crippen LogP contribution in [0.2, 0.25) is 0 Å². The third-order valence-electron chi connectivity index (χ3n) is 4.19. The smallest absolute Gasteiger partial charge is 0.232 e. The molecule has 0 bridgehead atoms. The summed E-state index contributed by atoms with van der Waals surface area (Å²) in [5.41, 5.74) is -0.296. The van der Waals surface area contributed by atoms with Crippen molar-refractivity contribution in [2.75, 3.05) is 39.9 Å². The van der Waals surface area contributed by atoms with Gasteiger partial charge in [0.05, 0.1) is 12.0 Å². The van der Waals surface area contributed by atoms with E-state index in [1.165, 1.54) is 0 Å². The summed E-state index contributed by atoms with van der Waals surface area (Å²) in [6, 6.07) is 0. The van der Waals surface area contributed by atoms with Crippen LogP contribution in [0.1, 0.15) is 26.2 Å². The molecule has 0 aliphatic carbocycles. The van der Waals surface area contributed by atoms with E-state index in [-0.39, 0.29) is 5.41 Å². The highest BCUT2D eigenvalue weighted by atomic mass is 16.5. The average Bonchev–Trinajstić information content (AvgIpc) is 2.79. The normalized spacial score (nSPS) is 30.8. The fourth-order valence-electron chi connectivity index (χ4n) is 2.93. The molecule has 2 fully saturated rings. The van der Waals surface area contributed by atoms with Gasteiger partial charge in [-0.15, -0.1) is 0 Å². The second kappa shape index (κ2) is 5.36. The van der Waals surface area contributed by atoms with Crippen LogP contribution in [-0.2, 0) is 9.53 Å². The van der Waals surface area contributed by atoms with Crippen LogP contribution in [0.3, 0.4) is 0 Å². The lowest BCUT2D eigenvalue weighted by Crippen LogP contribution is -2.50. The van der Waals surface area contributed by atoms with Gasteiger partial charge >= 0.3 is 0 Å². The van der Waals surface area contributed by atoms with E-state index >= 15 is 0 Å². The fraction of sp³-hybridized carbons (Fsp3) is 0.923. The van der Waals surface area contributed by atoms with Crippen LogP contribution in [0.4, 0.5) is 0 Å². The summed E-state index contributed by atoms with van der Waals surface area (Å²) in [6.07, 6.45) is 3.19. The molecule has 2 saturated heterocycles. The number of methoxy groups -OCH3 is 1. The molecule has 2 heterocycles. The molecule has 17 heavy (non-hydrogen) atoms. The summed E-state index contributed by atoms with van der Waals surface area (Å²) in [4.78, 5) is 14.7. The number of carbonyl (C=O) groups is 1. The van der Waals surface area contributed by atoms with Gasteiger partial charge in [-0.05, 0) is 31.7 Å². The Morgan fingerprint density at radius 1 is 1.47 bits per heavy atom. The summed E-state index contributed by atoms with van der Waals surface area (Å²) in [7, 11) is 1.69. The van der Waals surface area contributed by atoms with Gasteiger partial charge < -0.3 is 15.0 Å². The minimum absolute atomic E-state index is 0.296. The predicted octanol–water partition coefficient (Wildman–Crippen LogP) is 0.871. The predicted molar refractivity (Wildman–Crippen MR) is 66.8 cm³/mol. The number of rotatable bonds is 3. The molecule has 0 aromatic heterocycles. The highest BCUT2D eigenvalue weighted by Gasteiger charge is 2.44. The van der Waals surface area contributed by atoms with Gasteiger partial charge in [0.15, 0.2) is 0 Å². The van der Waals surface area contributed by atoms with Gasteiger partial charge in [0.1, 0.15) is 0 Å². The molecule has 1 atom stereocenters. The molecule has 1 unspecified atom stereocenters. The maximum Gasteiger partial charge on any atom is 0.232 e. The van der Waals surface area contributed by atoms with Gasteiger partial charge in [0.2, 0.25) is 5.91 Å². The van der Waals surface area contributed by atoms with Crippen molar-refractivity contribution >= 4 is 5.91 Å². The molecule has 98 valence electrons. The van der Waals surface area contributed by atoms with E-state index < -0.39 is 0 Å². The first-order valence-corrected chi connectivity index (χ1v) is 6.67. The molecule has 2 aliphatic heterocycles. The third-order valence-corrected chi connectivity index (χ3v) is 4.19. The number of nitrogens with one attached hydrogen (secondary N) is 1. The third kappa shape index (κ3) is 2.63. The summed E-state index contributed by atoms with van der Waals surface area (Å²) in [6.45, 7) is 6.36. The fourth-order valence-corrected chi connectivity index (χ4v) is 2.93. The quantitative estimate of drug-likeness (QED) is 0.796. The molecular formula is C13H24N2O2. The van der Waals surface area contributed by atoms with Gasteiger partial charge in [0.25, 0.3) is 0 Å². The van der Waals surface area contributed by atoms with Crippen molar-refractivity contribution in [2.24, 2.45) is 11.3 Å². The molecular weight excluding hydrogens is 216 g/mol. The van der Waals surface area contributed by atoms with Crippen LogP contribution in [0, 0.1) is 11.3 Å². The molecule has 4 nitrogen and oxygen atoms in total. The van der Waals surface area contributed by atoms with E-state index in [0.29, 0.717) is 12.5 Å². The standard InChI is InChI=1S/C13H24N2O2/c1-11-3-7-15(8-4-11)12(16)13(10-17-2)5-6-14-9-13/h11,14H,3-10H2,1-2H3. The largest absolute Gasteiger partial charge is 0.384 e. The lowest BCUT2D eigenvalue weighted by molar-refractivity contribution is -0.145. The molecule has 2 aliphatic rings. The summed E-state index contributed by atoms with van der Waals surface area (Å²) < 4.78 is 5.27. The van der Waals surface area contributed by atoms with Gasteiger partial charge in [-0.3, -0.25) is 4.79 Å². The first-order valence-electron chi connectivity index (χ1n) is 6.67. The molecule has 4 heteroatoms. The van der Waals surface area contributed by atoms with Crippen molar-refractivity contribution in [1.29, 1.82) is 0 Å². The molecule has 0 aromatic rings. The van der Waals surface area contributed by atoms with Crippen LogP contribution in [0.15, 0.2) is 0 Å². The summed E-state index contributed by atoms with van der Waals surface area (Å²) in [5, 5.41) is 3.30. The first kappa shape index (κ1) is 12.8. The van der Waals surface area contributed by atoms with Gasteiger partial charge in [-0.1, -0.05) is 6.92 Å². The number of hydrogen-bond donors (Lipinski definition) is 1. The number of ether oxygens (including phenoxy) is 1. The van der Waals surface area contributed by atoms with Crippen LogP contribution >= 0.6 is 0 Å². The number of amides is 1. The Hall–Kier alpha value is -0.610. The summed E-state index contributed by atoms with van der Waals surface area (Å²) >= 11 is 0. The van der Waals surface area contributed by atoms with Crippen molar-refractivity contribution in [2.45, 2.75) is 26.2 Å². The molecule has 1 amide bonds. The van der Waals surface area contributed by atoms with E-state index in [1.807, 2.05) is 4.90 Å². The zero-order chi connectivity index (χ0) is 12.3. The second-order valence-corrected chi connectivity index (χ2v) is 5.61. The molecule has 0 spiro atoms. The highest BCUT2D eigenvalue weighted by molar-refractivity contribution is 5.83. The Kier molecular flexibility index (Phi) is 4.05. The van der Waals surface area contributed by atoms with E-state index in [0.717, 1.165) is 51.4 Å². The SMILES string of the molecule is COCC1(C(=O)N2CCC(C)CC2)CCNC1. The highest BCUT2D eigenvalue weighted by Crippen LogP contribution is 2.30. The molecule has 0 aromatic carbocycles. The van der Waals surface area contributed by atoms with Crippen molar-refractivity contribution in [3.8, 4) is 0 Å². The lowest BCUT2D eigenvalue weighted by Gasteiger charge is -2.37. The monoisotopic (exact) mass is 240 g/mol. The van der Waals surface area contributed by atoms with Crippen molar-refractivity contribution in [3.63, 3.8) is 0 Å². The van der Waals surface area contributed by atoms with Gasteiger partial charge in [0, 0.05) is 26.7 Å². The Morgan fingerprint density at radius 3 is 2.71 bits per heavy atom. The number of piperidine rings is 1. The Labute approximate surface area is 104 Å². The zero-order valence-electron chi connectivity index (χ0n) is 11.0. The van der Waals surface area contributed by atoms with E-state index in [9.17, 15) is 4.79 Å². The number of hydrogen-bond acceptors (Lipinski definition) is 3. The van der Waals surface area contributed by atoms with E-state index in [2.05, 4.69) is 12.2 Å². The lowest BCUT2D eigenvalue weighted by atomic mass is 9.85.